The Morgan fingerprint density at radius 2 is 1.68 bits per heavy atom. The predicted octanol–water partition coefficient (Wildman–Crippen LogP) is 3.80. The maximum Gasteiger partial charge on any atom is 0.268 e. The molecule has 2 aromatic carbocycles. The first-order chi connectivity index (χ1) is 12.1. The minimum absolute atomic E-state index is 0.249. The van der Waals surface area contributed by atoms with Crippen molar-refractivity contribution in [2.45, 2.75) is 30.3 Å². The summed E-state index contributed by atoms with van der Waals surface area (Å²) < 4.78 is 28.1. The van der Waals surface area contributed by atoms with E-state index in [0.717, 1.165) is 17.4 Å². The molecule has 0 radical (unpaired) electrons. The highest BCUT2D eigenvalue weighted by Crippen LogP contribution is 2.37. The third-order valence-electron chi connectivity index (χ3n) is 4.67. The first kappa shape index (κ1) is 16.1. The third-order valence-corrected chi connectivity index (χ3v) is 6.43. The van der Waals surface area contributed by atoms with Gasteiger partial charge in [-0.1, -0.05) is 48.6 Å². The van der Waals surface area contributed by atoms with Crippen molar-refractivity contribution in [2.75, 3.05) is 0 Å². The summed E-state index contributed by atoms with van der Waals surface area (Å²) in [6.45, 7) is 0. The van der Waals surface area contributed by atoms with Gasteiger partial charge in [-0.05, 0) is 31.0 Å². The van der Waals surface area contributed by atoms with Crippen LogP contribution in [-0.4, -0.2) is 17.5 Å². The predicted molar refractivity (Wildman–Crippen MR) is 98.0 cm³/mol. The average molecular weight is 353 g/mol. The van der Waals surface area contributed by atoms with Crippen molar-refractivity contribution < 1.29 is 13.5 Å². The molecule has 1 heterocycles. The van der Waals surface area contributed by atoms with E-state index < -0.39 is 16.1 Å². The minimum atomic E-state index is -3.74. The van der Waals surface area contributed by atoms with Crippen molar-refractivity contribution >= 4 is 20.9 Å². The fraction of sp³-hybridized carbons (Fsp3) is 0.200. The highest BCUT2D eigenvalue weighted by molar-refractivity contribution is 7.90. The lowest BCUT2D eigenvalue weighted by Crippen LogP contribution is -2.17. The van der Waals surface area contributed by atoms with Crippen LogP contribution in [0.3, 0.4) is 0 Å². The van der Waals surface area contributed by atoms with Crippen molar-refractivity contribution in [1.29, 1.82) is 0 Å². The average Bonchev–Trinajstić information content (AvgIpc) is 2.94. The number of rotatable bonds is 2. The zero-order chi connectivity index (χ0) is 17.4. The van der Waals surface area contributed by atoms with E-state index in [1.165, 1.54) is 3.97 Å². The summed E-state index contributed by atoms with van der Waals surface area (Å²) in [6, 6.07) is 15.8. The molecule has 1 aromatic heterocycles. The van der Waals surface area contributed by atoms with E-state index in [1.807, 2.05) is 30.4 Å². The zero-order valence-electron chi connectivity index (χ0n) is 13.7. The van der Waals surface area contributed by atoms with Crippen LogP contribution in [0.4, 0.5) is 0 Å². The Morgan fingerprint density at radius 1 is 0.960 bits per heavy atom. The van der Waals surface area contributed by atoms with Gasteiger partial charge in [0.1, 0.15) is 0 Å². The summed E-state index contributed by atoms with van der Waals surface area (Å²) in [4.78, 5) is 0.249. The van der Waals surface area contributed by atoms with Crippen molar-refractivity contribution in [3.8, 4) is 0 Å². The first-order valence-corrected chi connectivity index (χ1v) is 9.80. The van der Waals surface area contributed by atoms with Crippen molar-refractivity contribution in [3.63, 3.8) is 0 Å². The van der Waals surface area contributed by atoms with Crippen LogP contribution in [0.5, 0.6) is 0 Å². The molecular formula is C20H19NO3S. The van der Waals surface area contributed by atoms with Crippen LogP contribution in [0.2, 0.25) is 0 Å². The molecule has 1 unspecified atom stereocenters. The molecule has 128 valence electrons. The van der Waals surface area contributed by atoms with Gasteiger partial charge in [0.05, 0.1) is 16.5 Å². The maximum atomic E-state index is 13.3. The fourth-order valence-electron chi connectivity index (χ4n) is 3.54. The molecule has 0 amide bonds. The Balaban J connectivity index is 2.08. The molecule has 0 aliphatic heterocycles. The highest BCUT2D eigenvalue weighted by Gasteiger charge is 2.29. The number of hydrogen-bond donors (Lipinski definition) is 1. The molecule has 0 bridgehead atoms. The molecule has 1 N–H and O–H groups in total. The number of para-hydroxylation sites is 1. The van der Waals surface area contributed by atoms with Gasteiger partial charge in [-0.3, -0.25) is 0 Å². The van der Waals surface area contributed by atoms with Crippen LogP contribution in [0.15, 0.2) is 71.6 Å². The number of nitrogens with zero attached hydrogens (tertiary/aromatic N) is 1. The summed E-state index contributed by atoms with van der Waals surface area (Å²) in [5, 5.41) is 11.5. The fourth-order valence-corrected chi connectivity index (χ4v) is 5.13. The highest BCUT2D eigenvalue weighted by atomic mass is 32.2. The van der Waals surface area contributed by atoms with Gasteiger partial charge in [-0.15, -0.1) is 0 Å². The second-order valence-electron chi connectivity index (χ2n) is 6.23. The van der Waals surface area contributed by atoms with E-state index in [2.05, 4.69) is 0 Å². The van der Waals surface area contributed by atoms with Gasteiger partial charge in [0.25, 0.3) is 10.0 Å². The lowest BCUT2D eigenvalue weighted by Gasteiger charge is -2.16. The van der Waals surface area contributed by atoms with Crippen molar-refractivity contribution in [2.24, 2.45) is 0 Å². The Bertz CT molecular complexity index is 1050. The molecule has 1 aliphatic rings. The summed E-state index contributed by atoms with van der Waals surface area (Å²) in [7, 11) is -3.74. The van der Waals surface area contributed by atoms with E-state index in [4.69, 9.17) is 0 Å². The summed E-state index contributed by atoms with van der Waals surface area (Å²) in [6.07, 6.45) is 5.17. The summed E-state index contributed by atoms with van der Waals surface area (Å²) in [5.41, 5.74) is 2.00. The standard InChI is InChI=1S/C20H19NO3S/c22-19-14-6-2-5-13-18-20(19)16-11-7-8-12-17(16)21(18)25(23,24)15-9-3-1-4-10-15/h1-5,7-12,19,22H,6,13-14H2/b5-2-. The molecular weight excluding hydrogens is 334 g/mol. The Labute approximate surface area is 147 Å². The van der Waals surface area contributed by atoms with Crippen molar-refractivity contribution in [1.82, 2.24) is 3.97 Å². The Morgan fingerprint density at radius 3 is 2.48 bits per heavy atom. The molecule has 0 saturated heterocycles. The van der Waals surface area contributed by atoms with Gasteiger partial charge < -0.3 is 5.11 Å². The number of benzene rings is 2. The molecule has 0 spiro atoms. The largest absolute Gasteiger partial charge is 0.388 e. The van der Waals surface area contributed by atoms with Crippen LogP contribution >= 0.6 is 0 Å². The zero-order valence-corrected chi connectivity index (χ0v) is 14.5. The number of allylic oxidation sites excluding steroid dienone is 2. The van der Waals surface area contributed by atoms with E-state index in [9.17, 15) is 13.5 Å². The number of aromatic nitrogens is 1. The number of aliphatic hydroxyl groups excluding tert-OH is 1. The second-order valence-corrected chi connectivity index (χ2v) is 8.02. The summed E-state index contributed by atoms with van der Waals surface area (Å²) >= 11 is 0. The van der Waals surface area contributed by atoms with Crippen LogP contribution in [0.25, 0.3) is 10.9 Å². The molecule has 1 atom stereocenters. The number of fused-ring (bicyclic) bond motifs is 3. The van der Waals surface area contributed by atoms with Gasteiger partial charge in [-0.2, -0.15) is 0 Å². The maximum absolute atomic E-state index is 13.3. The van der Waals surface area contributed by atoms with E-state index >= 15 is 0 Å². The third kappa shape index (κ3) is 2.60. The van der Waals surface area contributed by atoms with E-state index in [-0.39, 0.29) is 4.90 Å². The minimum Gasteiger partial charge on any atom is -0.388 e. The molecule has 4 rings (SSSR count). The molecule has 0 fully saturated rings. The first-order valence-electron chi connectivity index (χ1n) is 8.36. The molecule has 5 heteroatoms. The monoisotopic (exact) mass is 353 g/mol. The SMILES string of the molecule is O=S(=O)(c1ccccc1)n1c2c(c3ccccc31)C(O)CC/C=C\C2. The number of hydrogen-bond acceptors (Lipinski definition) is 3. The van der Waals surface area contributed by atoms with Gasteiger partial charge in [0.2, 0.25) is 0 Å². The quantitative estimate of drug-likeness (QED) is 0.713. The van der Waals surface area contributed by atoms with Crippen molar-refractivity contribution in [3.05, 3.63) is 78.0 Å². The molecule has 4 nitrogen and oxygen atoms in total. The van der Waals surface area contributed by atoms with E-state index in [1.54, 1.807) is 36.4 Å². The van der Waals surface area contributed by atoms with Crippen LogP contribution in [0, 0.1) is 0 Å². The van der Waals surface area contributed by atoms with Gasteiger partial charge >= 0.3 is 0 Å². The van der Waals surface area contributed by atoms with E-state index in [0.29, 0.717) is 24.1 Å². The molecule has 25 heavy (non-hydrogen) atoms. The number of aliphatic hydroxyl groups is 1. The summed E-state index contributed by atoms with van der Waals surface area (Å²) in [5.74, 6) is 0. The van der Waals surface area contributed by atoms with Crippen LogP contribution in [0.1, 0.15) is 30.2 Å². The van der Waals surface area contributed by atoms with Gasteiger partial charge in [0.15, 0.2) is 0 Å². The molecule has 0 saturated carbocycles. The second kappa shape index (κ2) is 6.17. The van der Waals surface area contributed by atoms with Gasteiger partial charge in [-0.25, -0.2) is 12.4 Å². The lowest BCUT2D eigenvalue weighted by atomic mass is 9.97. The van der Waals surface area contributed by atoms with Crippen LogP contribution in [-0.2, 0) is 16.4 Å². The smallest absolute Gasteiger partial charge is 0.268 e. The normalized spacial score (nSPS) is 19.2. The Hall–Kier alpha value is -2.37. The van der Waals surface area contributed by atoms with Gasteiger partial charge in [0, 0.05) is 23.1 Å². The van der Waals surface area contributed by atoms with Crippen LogP contribution < -0.4 is 0 Å². The Kier molecular flexibility index (Phi) is 3.98. The lowest BCUT2D eigenvalue weighted by molar-refractivity contribution is 0.168. The molecule has 1 aliphatic carbocycles. The molecule has 3 aromatic rings. The topological polar surface area (TPSA) is 59.3 Å².